The first-order chi connectivity index (χ1) is 15.9. The summed E-state index contributed by atoms with van der Waals surface area (Å²) in [6.45, 7) is 0.401. The van der Waals surface area contributed by atoms with Gasteiger partial charge in [0.15, 0.2) is 13.2 Å². The quantitative estimate of drug-likeness (QED) is 0.442. The molecule has 0 spiro atoms. The topological polar surface area (TPSA) is 126 Å². The van der Waals surface area contributed by atoms with Crippen LogP contribution in [0, 0.1) is 11.3 Å². The molecule has 0 unspecified atom stereocenters. The zero-order valence-corrected chi connectivity index (χ0v) is 18.6. The van der Waals surface area contributed by atoms with E-state index >= 15 is 0 Å². The molecule has 0 atom stereocenters. The number of carbonyl (C=O) groups is 2. The minimum atomic E-state index is -3.60. The first kappa shape index (κ1) is 24.0. The summed E-state index contributed by atoms with van der Waals surface area (Å²) in [5, 5.41) is 11.0. The average Bonchev–Trinajstić information content (AvgIpc) is 3.37. The molecule has 10 heteroatoms. The minimum Gasteiger partial charge on any atom is -0.479 e. The molecule has 0 saturated carbocycles. The molecular weight excluding hydrogens is 446 g/mol. The first-order valence-electron chi connectivity index (χ1n) is 10.2. The summed E-state index contributed by atoms with van der Waals surface area (Å²) < 4.78 is 36.8. The number of hydrogen-bond acceptors (Lipinski definition) is 7. The van der Waals surface area contributed by atoms with Gasteiger partial charge in [-0.25, -0.2) is 13.2 Å². The predicted octanol–water partition coefficient (Wildman–Crippen LogP) is 2.57. The van der Waals surface area contributed by atoms with Crippen molar-refractivity contribution in [2.24, 2.45) is 0 Å². The lowest BCUT2D eigenvalue weighted by atomic mass is 10.2. The van der Waals surface area contributed by atoms with E-state index < -0.39 is 28.5 Å². The normalized spacial score (nSPS) is 14.0. The molecule has 1 aliphatic rings. The average molecular weight is 470 g/mol. The van der Waals surface area contributed by atoms with Crippen molar-refractivity contribution in [1.82, 2.24) is 4.31 Å². The molecule has 1 aliphatic heterocycles. The van der Waals surface area contributed by atoms with Crippen molar-refractivity contribution in [2.75, 3.05) is 31.6 Å². The summed E-state index contributed by atoms with van der Waals surface area (Å²) >= 11 is 0. The van der Waals surface area contributed by atoms with Crippen LogP contribution in [0.3, 0.4) is 0 Å². The molecule has 0 aromatic heterocycles. The van der Waals surface area contributed by atoms with Crippen LogP contribution < -0.4 is 10.1 Å². The van der Waals surface area contributed by atoms with Crippen molar-refractivity contribution < 1.29 is 27.5 Å². The second kappa shape index (κ2) is 11.3. The number of sulfonamides is 1. The van der Waals surface area contributed by atoms with Crippen LogP contribution in [0.15, 0.2) is 59.5 Å². The molecule has 0 bridgehead atoms. The summed E-state index contributed by atoms with van der Waals surface area (Å²) in [6, 6.07) is 14.6. The molecule has 172 valence electrons. The largest absolute Gasteiger partial charge is 0.479 e. The fourth-order valence-corrected chi connectivity index (χ4v) is 4.71. The van der Waals surface area contributed by atoms with Crippen molar-refractivity contribution in [1.29, 1.82) is 5.26 Å². The smallest absolute Gasteiger partial charge is 0.331 e. The van der Waals surface area contributed by atoms with Crippen molar-refractivity contribution in [3.8, 4) is 11.8 Å². The monoisotopic (exact) mass is 469 g/mol. The Hall–Kier alpha value is -3.68. The van der Waals surface area contributed by atoms with E-state index in [1.54, 1.807) is 36.4 Å². The maximum absolute atomic E-state index is 12.7. The summed E-state index contributed by atoms with van der Waals surface area (Å²) in [6.07, 6.45) is 4.36. The standard InChI is InChI=1S/C23H23N3O6S/c24-12-15-31-20-9-6-18(7-10-20)8-11-23(28)32-17-22(27)25-19-4-3-5-21(16-19)33(29,30)26-13-1-2-14-26/h3-11,16H,1-2,13-15,17H2,(H,25,27)/b11-8+. The zero-order chi connectivity index (χ0) is 23.7. The Labute approximate surface area is 192 Å². The molecule has 2 aromatic carbocycles. The molecule has 33 heavy (non-hydrogen) atoms. The van der Waals surface area contributed by atoms with Gasteiger partial charge in [0.1, 0.15) is 11.8 Å². The van der Waals surface area contributed by atoms with Gasteiger partial charge < -0.3 is 14.8 Å². The Bertz CT molecular complexity index is 1160. The number of nitrogens with zero attached hydrogens (tertiary/aromatic N) is 2. The SMILES string of the molecule is N#CCOc1ccc(/C=C/C(=O)OCC(=O)Nc2cccc(S(=O)(=O)N3CCCC3)c2)cc1. The molecule has 1 amide bonds. The van der Waals surface area contributed by atoms with Gasteiger partial charge in [-0.2, -0.15) is 9.57 Å². The van der Waals surface area contributed by atoms with Gasteiger partial charge in [0.25, 0.3) is 5.91 Å². The summed E-state index contributed by atoms with van der Waals surface area (Å²) in [5.74, 6) is -0.767. The Balaban J connectivity index is 1.49. The Morgan fingerprint density at radius 3 is 2.55 bits per heavy atom. The lowest BCUT2D eigenvalue weighted by Gasteiger charge is -2.16. The van der Waals surface area contributed by atoms with E-state index in [0.717, 1.165) is 12.8 Å². The second-order valence-corrected chi connectivity index (χ2v) is 9.08. The predicted molar refractivity (Wildman–Crippen MR) is 121 cm³/mol. The van der Waals surface area contributed by atoms with Crippen LogP contribution in [-0.4, -0.2) is 50.9 Å². The van der Waals surface area contributed by atoms with Crippen LogP contribution in [0.2, 0.25) is 0 Å². The van der Waals surface area contributed by atoms with E-state index in [2.05, 4.69) is 5.32 Å². The highest BCUT2D eigenvalue weighted by atomic mass is 32.2. The van der Waals surface area contributed by atoms with E-state index in [1.165, 1.54) is 28.6 Å². The van der Waals surface area contributed by atoms with Gasteiger partial charge in [0.05, 0.1) is 4.90 Å². The van der Waals surface area contributed by atoms with Crippen LogP contribution in [0.5, 0.6) is 5.75 Å². The number of amides is 1. The number of hydrogen-bond donors (Lipinski definition) is 1. The minimum absolute atomic E-state index is 0.0534. The van der Waals surface area contributed by atoms with Gasteiger partial charge in [-0.05, 0) is 54.8 Å². The highest BCUT2D eigenvalue weighted by molar-refractivity contribution is 7.89. The van der Waals surface area contributed by atoms with E-state index in [0.29, 0.717) is 30.1 Å². The molecule has 1 heterocycles. The van der Waals surface area contributed by atoms with E-state index in [-0.39, 0.29) is 11.5 Å². The third kappa shape index (κ3) is 6.90. The fourth-order valence-electron chi connectivity index (χ4n) is 3.15. The summed E-state index contributed by atoms with van der Waals surface area (Å²) in [5.41, 5.74) is 1.00. The molecule has 1 fully saturated rings. The van der Waals surface area contributed by atoms with E-state index in [1.807, 2.05) is 6.07 Å². The zero-order valence-electron chi connectivity index (χ0n) is 17.8. The summed E-state index contributed by atoms with van der Waals surface area (Å²) in [4.78, 5) is 24.1. The van der Waals surface area contributed by atoms with E-state index in [9.17, 15) is 18.0 Å². The van der Waals surface area contributed by atoms with Crippen LogP contribution >= 0.6 is 0 Å². The first-order valence-corrected chi connectivity index (χ1v) is 11.7. The number of benzene rings is 2. The van der Waals surface area contributed by atoms with Crippen LogP contribution in [0.25, 0.3) is 6.08 Å². The Morgan fingerprint density at radius 1 is 1.12 bits per heavy atom. The molecular formula is C23H23N3O6S. The molecule has 1 N–H and O–H groups in total. The van der Waals surface area contributed by atoms with Crippen molar-refractivity contribution in [3.63, 3.8) is 0 Å². The fraction of sp³-hybridized carbons (Fsp3) is 0.261. The van der Waals surface area contributed by atoms with Gasteiger partial charge in [-0.1, -0.05) is 18.2 Å². The van der Waals surface area contributed by atoms with E-state index in [4.69, 9.17) is 14.7 Å². The number of rotatable bonds is 9. The van der Waals surface area contributed by atoms with Gasteiger partial charge in [-0.3, -0.25) is 4.79 Å². The number of ether oxygens (including phenoxy) is 2. The number of nitrogens with one attached hydrogen (secondary N) is 1. The Kier molecular flexibility index (Phi) is 8.18. The number of anilines is 1. The van der Waals surface area contributed by atoms with Crippen molar-refractivity contribution in [2.45, 2.75) is 17.7 Å². The third-order valence-corrected chi connectivity index (χ3v) is 6.66. The highest BCUT2D eigenvalue weighted by Crippen LogP contribution is 2.23. The number of nitriles is 1. The third-order valence-electron chi connectivity index (χ3n) is 4.76. The molecule has 9 nitrogen and oxygen atoms in total. The maximum Gasteiger partial charge on any atom is 0.331 e. The molecule has 3 rings (SSSR count). The van der Waals surface area contributed by atoms with Gasteiger partial charge in [0, 0.05) is 24.9 Å². The molecule has 1 saturated heterocycles. The highest BCUT2D eigenvalue weighted by Gasteiger charge is 2.27. The number of carbonyl (C=O) groups excluding carboxylic acids is 2. The van der Waals surface area contributed by atoms with Gasteiger partial charge >= 0.3 is 5.97 Å². The van der Waals surface area contributed by atoms with Crippen LogP contribution in [0.1, 0.15) is 18.4 Å². The summed E-state index contributed by atoms with van der Waals surface area (Å²) in [7, 11) is -3.60. The molecule has 0 radical (unpaired) electrons. The van der Waals surface area contributed by atoms with Crippen LogP contribution in [0.4, 0.5) is 5.69 Å². The maximum atomic E-state index is 12.7. The van der Waals surface area contributed by atoms with Crippen molar-refractivity contribution >= 4 is 33.7 Å². The molecule has 2 aromatic rings. The lowest BCUT2D eigenvalue weighted by molar-refractivity contribution is -0.142. The lowest BCUT2D eigenvalue weighted by Crippen LogP contribution is -2.28. The number of esters is 1. The second-order valence-electron chi connectivity index (χ2n) is 7.14. The van der Waals surface area contributed by atoms with Gasteiger partial charge in [-0.15, -0.1) is 0 Å². The Morgan fingerprint density at radius 2 is 1.85 bits per heavy atom. The van der Waals surface area contributed by atoms with Crippen molar-refractivity contribution in [3.05, 3.63) is 60.2 Å². The van der Waals surface area contributed by atoms with Gasteiger partial charge in [0.2, 0.25) is 10.0 Å². The van der Waals surface area contributed by atoms with Crippen LogP contribution in [-0.2, 0) is 24.3 Å². The molecule has 0 aliphatic carbocycles.